The molecule has 2 heteroatoms. The highest BCUT2D eigenvalue weighted by Crippen LogP contribution is 2.14. The molecule has 0 rings (SSSR count). The Balaban J connectivity index is 4.17. The highest BCUT2D eigenvalue weighted by Gasteiger charge is 2.21. The van der Waals surface area contributed by atoms with E-state index in [4.69, 9.17) is 5.73 Å². The summed E-state index contributed by atoms with van der Waals surface area (Å²) in [5.74, 6) is 0.831. The highest BCUT2D eigenvalue weighted by molar-refractivity contribution is 4.82. The maximum atomic E-state index is 6.32. The second-order valence-electron chi connectivity index (χ2n) is 5.41. The van der Waals surface area contributed by atoms with E-state index < -0.39 is 0 Å². The molecule has 0 aliphatic carbocycles. The third-order valence-electron chi connectivity index (χ3n) is 3.52. The van der Waals surface area contributed by atoms with Crippen LogP contribution in [0, 0.1) is 5.92 Å². The van der Waals surface area contributed by atoms with Crippen LogP contribution >= 0.6 is 0 Å². The lowest BCUT2D eigenvalue weighted by Gasteiger charge is -2.33. The van der Waals surface area contributed by atoms with E-state index in [1.165, 1.54) is 25.8 Å². The normalized spacial score (nSPS) is 15.8. The molecule has 2 nitrogen and oxygen atoms in total. The molecule has 0 heterocycles. The van der Waals surface area contributed by atoms with Crippen LogP contribution in [0.2, 0.25) is 0 Å². The maximum Gasteiger partial charge on any atom is 0.0254 e. The minimum atomic E-state index is -0.0171. The van der Waals surface area contributed by atoms with Crippen molar-refractivity contribution in [1.82, 2.24) is 4.90 Å². The van der Waals surface area contributed by atoms with E-state index in [-0.39, 0.29) is 5.54 Å². The molecule has 0 aromatic carbocycles. The van der Waals surface area contributed by atoms with Gasteiger partial charge in [-0.3, -0.25) is 0 Å². The van der Waals surface area contributed by atoms with Gasteiger partial charge < -0.3 is 10.6 Å². The van der Waals surface area contributed by atoms with Crippen LogP contribution in [0.3, 0.4) is 0 Å². The molecule has 1 unspecified atom stereocenters. The van der Waals surface area contributed by atoms with Gasteiger partial charge in [0.05, 0.1) is 0 Å². The van der Waals surface area contributed by atoms with Crippen LogP contribution in [0.4, 0.5) is 0 Å². The van der Waals surface area contributed by atoms with Gasteiger partial charge in [0.25, 0.3) is 0 Å². The van der Waals surface area contributed by atoms with E-state index in [0.29, 0.717) is 0 Å². The first-order chi connectivity index (χ1) is 7.49. The lowest BCUT2D eigenvalue weighted by molar-refractivity contribution is 0.185. The summed E-state index contributed by atoms with van der Waals surface area (Å²) in [5.41, 5.74) is 6.30. The third-order valence-corrected chi connectivity index (χ3v) is 3.52. The predicted octanol–water partition coefficient (Wildman–Crippen LogP) is 3.26. The second-order valence-corrected chi connectivity index (χ2v) is 5.41. The minimum Gasteiger partial charge on any atom is -0.324 e. The summed E-state index contributed by atoms with van der Waals surface area (Å²) < 4.78 is 0. The molecule has 0 saturated carbocycles. The number of likely N-dealkylation sites (N-methyl/N-ethyl adjacent to an activating group) is 1. The fourth-order valence-electron chi connectivity index (χ4n) is 2.38. The lowest BCUT2D eigenvalue weighted by atomic mass is 9.95. The Hall–Kier alpha value is -0.0800. The molecule has 0 radical (unpaired) electrons. The molecule has 1 atom stereocenters. The minimum absolute atomic E-state index is 0.0171. The maximum absolute atomic E-state index is 6.32. The van der Waals surface area contributed by atoms with Crippen LogP contribution in [0.1, 0.15) is 60.3 Å². The number of hydrogen-bond acceptors (Lipinski definition) is 2. The van der Waals surface area contributed by atoms with Gasteiger partial charge in [0.1, 0.15) is 0 Å². The van der Waals surface area contributed by atoms with Crippen molar-refractivity contribution in [1.29, 1.82) is 0 Å². The van der Waals surface area contributed by atoms with E-state index in [0.717, 1.165) is 25.4 Å². The number of hydrogen-bond donors (Lipinski definition) is 1. The van der Waals surface area contributed by atoms with Gasteiger partial charge in [-0.2, -0.15) is 0 Å². The van der Waals surface area contributed by atoms with Gasteiger partial charge in [-0.1, -0.05) is 47.0 Å². The van der Waals surface area contributed by atoms with Gasteiger partial charge in [-0.15, -0.1) is 0 Å². The summed E-state index contributed by atoms with van der Waals surface area (Å²) in [4.78, 5) is 2.52. The zero-order valence-corrected chi connectivity index (χ0v) is 12.1. The molecule has 0 aliphatic heterocycles. The summed E-state index contributed by atoms with van der Waals surface area (Å²) in [6.07, 6.45) is 4.85. The quantitative estimate of drug-likeness (QED) is 0.656. The molecule has 0 bridgehead atoms. The standard InChI is InChI=1S/C14H32N2/c1-6-10-14(5,15)12-16(9-4)11-13(7-2)8-3/h13H,6-12,15H2,1-5H3. The van der Waals surface area contributed by atoms with Crippen LogP contribution in [0.25, 0.3) is 0 Å². The van der Waals surface area contributed by atoms with E-state index >= 15 is 0 Å². The monoisotopic (exact) mass is 228 g/mol. The molecule has 98 valence electrons. The molecular weight excluding hydrogens is 196 g/mol. The van der Waals surface area contributed by atoms with Gasteiger partial charge in [0, 0.05) is 18.6 Å². The fourth-order valence-corrected chi connectivity index (χ4v) is 2.38. The largest absolute Gasteiger partial charge is 0.324 e. The smallest absolute Gasteiger partial charge is 0.0254 e. The second kappa shape index (κ2) is 8.08. The van der Waals surface area contributed by atoms with Gasteiger partial charge in [0.2, 0.25) is 0 Å². The van der Waals surface area contributed by atoms with Gasteiger partial charge in [-0.05, 0) is 25.8 Å². The topological polar surface area (TPSA) is 29.3 Å². The molecule has 2 N–H and O–H groups in total. The summed E-state index contributed by atoms with van der Waals surface area (Å²) in [6, 6.07) is 0. The first kappa shape index (κ1) is 15.9. The van der Waals surface area contributed by atoms with Crippen molar-refractivity contribution in [2.45, 2.75) is 65.8 Å². The van der Waals surface area contributed by atoms with Crippen LogP contribution < -0.4 is 5.73 Å². The van der Waals surface area contributed by atoms with Crippen molar-refractivity contribution in [3.8, 4) is 0 Å². The fraction of sp³-hybridized carbons (Fsp3) is 1.00. The van der Waals surface area contributed by atoms with Crippen LogP contribution in [-0.2, 0) is 0 Å². The Morgan fingerprint density at radius 3 is 2.06 bits per heavy atom. The van der Waals surface area contributed by atoms with Crippen molar-refractivity contribution in [3.05, 3.63) is 0 Å². The van der Waals surface area contributed by atoms with Crippen molar-refractivity contribution in [2.24, 2.45) is 11.7 Å². The summed E-state index contributed by atoms with van der Waals surface area (Å²) in [5, 5.41) is 0. The van der Waals surface area contributed by atoms with Gasteiger partial charge >= 0.3 is 0 Å². The Morgan fingerprint density at radius 2 is 1.69 bits per heavy atom. The third kappa shape index (κ3) is 6.49. The van der Waals surface area contributed by atoms with Crippen LogP contribution in [0.5, 0.6) is 0 Å². The van der Waals surface area contributed by atoms with Crippen molar-refractivity contribution >= 4 is 0 Å². The number of rotatable bonds is 9. The van der Waals surface area contributed by atoms with E-state index in [1.807, 2.05) is 0 Å². The van der Waals surface area contributed by atoms with E-state index in [1.54, 1.807) is 0 Å². The zero-order chi connectivity index (χ0) is 12.6. The first-order valence-corrected chi connectivity index (χ1v) is 7.00. The molecule has 0 saturated heterocycles. The number of nitrogens with two attached hydrogens (primary N) is 1. The Labute approximate surface area is 103 Å². The SMILES string of the molecule is CCCC(C)(N)CN(CC)CC(CC)CC. The molecule has 16 heavy (non-hydrogen) atoms. The predicted molar refractivity (Wildman–Crippen MR) is 73.7 cm³/mol. The van der Waals surface area contributed by atoms with Gasteiger partial charge in [0.15, 0.2) is 0 Å². The summed E-state index contributed by atoms with van der Waals surface area (Å²) in [6.45, 7) is 14.6. The van der Waals surface area contributed by atoms with Crippen LogP contribution in [-0.4, -0.2) is 30.1 Å². The number of nitrogens with zero attached hydrogens (tertiary/aromatic N) is 1. The molecule has 0 aliphatic rings. The molecule has 0 fully saturated rings. The Kier molecular flexibility index (Phi) is 8.04. The average molecular weight is 228 g/mol. The van der Waals surface area contributed by atoms with Crippen molar-refractivity contribution in [2.75, 3.05) is 19.6 Å². The Bertz CT molecular complexity index is 162. The van der Waals surface area contributed by atoms with E-state index in [2.05, 4.69) is 39.5 Å². The lowest BCUT2D eigenvalue weighted by Crippen LogP contribution is -2.48. The summed E-state index contributed by atoms with van der Waals surface area (Å²) in [7, 11) is 0. The van der Waals surface area contributed by atoms with Crippen LogP contribution in [0.15, 0.2) is 0 Å². The highest BCUT2D eigenvalue weighted by atomic mass is 15.1. The molecular formula is C14H32N2. The Morgan fingerprint density at radius 1 is 1.12 bits per heavy atom. The molecule has 0 spiro atoms. The molecule has 0 amide bonds. The van der Waals surface area contributed by atoms with Crippen molar-refractivity contribution in [3.63, 3.8) is 0 Å². The zero-order valence-electron chi connectivity index (χ0n) is 12.1. The van der Waals surface area contributed by atoms with Crippen molar-refractivity contribution < 1.29 is 0 Å². The summed E-state index contributed by atoms with van der Waals surface area (Å²) >= 11 is 0. The first-order valence-electron chi connectivity index (χ1n) is 7.00. The van der Waals surface area contributed by atoms with Gasteiger partial charge in [-0.25, -0.2) is 0 Å². The molecule has 0 aromatic rings. The average Bonchev–Trinajstić information content (AvgIpc) is 2.23. The molecule has 0 aromatic heterocycles. The van der Waals surface area contributed by atoms with E-state index in [9.17, 15) is 0 Å².